The van der Waals surface area contributed by atoms with Crippen molar-refractivity contribution in [2.75, 3.05) is 7.11 Å². The minimum Gasteiger partial charge on any atom is -0.481 e. The molecule has 9 heteroatoms. The Morgan fingerprint density at radius 1 is 1.47 bits per heavy atom. The highest BCUT2D eigenvalue weighted by Gasteiger charge is 2.39. The van der Waals surface area contributed by atoms with E-state index < -0.39 is 28.1 Å². The van der Waals surface area contributed by atoms with E-state index in [1.165, 1.54) is 0 Å². The third-order valence-electron chi connectivity index (χ3n) is 1.65. The number of aliphatic hydroxyl groups is 1. The Balaban J connectivity index is 0. The number of hydrogen-bond acceptors (Lipinski definition) is 7. The molecular formula is C6H15NO7S. The lowest BCUT2D eigenvalue weighted by Gasteiger charge is -2.25. The first-order valence-electron chi connectivity index (χ1n) is 3.59. The van der Waals surface area contributed by atoms with Crippen molar-refractivity contribution in [3.8, 4) is 0 Å². The maximum atomic E-state index is 10.7. The molecule has 0 heterocycles. The van der Waals surface area contributed by atoms with Gasteiger partial charge < -0.3 is 16.4 Å². The van der Waals surface area contributed by atoms with Gasteiger partial charge in [0.1, 0.15) is 5.92 Å². The molecule has 5 N–H and O–H groups in total. The van der Waals surface area contributed by atoms with Crippen LogP contribution in [0.15, 0.2) is 0 Å². The average molecular weight is 245 g/mol. The SMILES string of the molecule is COS(=O)(=O)OC(C)(O)C(C)C(=O)O.N. The van der Waals surface area contributed by atoms with E-state index >= 15 is 0 Å². The molecule has 0 rings (SSSR count). The van der Waals surface area contributed by atoms with Crippen LogP contribution >= 0.6 is 0 Å². The molecule has 0 radical (unpaired) electrons. The van der Waals surface area contributed by atoms with Crippen molar-refractivity contribution in [2.45, 2.75) is 19.6 Å². The van der Waals surface area contributed by atoms with Gasteiger partial charge in [-0.05, 0) is 13.8 Å². The lowest BCUT2D eigenvalue weighted by Crippen LogP contribution is -2.42. The highest BCUT2D eigenvalue weighted by Crippen LogP contribution is 2.21. The summed E-state index contributed by atoms with van der Waals surface area (Å²) in [5.41, 5.74) is 0. The Bertz CT molecular complexity index is 309. The smallest absolute Gasteiger partial charge is 0.402 e. The number of rotatable bonds is 5. The Morgan fingerprint density at radius 2 is 1.87 bits per heavy atom. The summed E-state index contributed by atoms with van der Waals surface area (Å²) in [6.45, 7) is 2.02. The molecule has 0 aliphatic heterocycles. The molecule has 8 nitrogen and oxygen atoms in total. The van der Waals surface area contributed by atoms with Crippen molar-refractivity contribution in [2.24, 2.45) is 5.92 Å². The summed E-state index contributed by atoms with van der Waals surface area (Å²) >= 11 is 0. The van der Waals surface area contributed by atoms with Gasteiger partial charge in [-0.25, -0.2) is 4.18 Å². The topological polar surface area (TPSA) is 145 Å². The maximum Gasteiger partial charge on any atom is 0.402 e. The minimum atomic E-state index is -4.37. The minimum absolute atomic E-state index is 0. The first kappa shape index (κ1) is 16.7. The molecule has 0 aromatic carbocycles. The molecule has 0 aliphatic carbocycles. The van der Waals surface area contributed by atoms with E-state index in [9.17, 15) is 18.3 Å². The van der Waals surface area contributed by atoms with E-state index in [1.807, 2.05) is 0 Å². The van der Waals surface area contributed by atoms with Crippen LogP contribution in [0.4, 0.5) is 0 Å². The third-order valence-corrected chi connectivity index (χ3v) is 2.60. The van der Waals surface area contributed by atoms with Crippen LogP contribution < -0.4 is 6.15 Å². The van der Waals surface area contributed by atoms with Gasteiger partial charge in [-0.15, -0.1) is 0 Å². The van der Waals surface area contributed by atoms with Crippen LogP contribution in [0.1, 0.15) is 13.8 Å². The monoisotopic (exact) mass is 245 g/mol. The molecule has 15 heavy (non-hydrogen) atoms. The summed E-state index contributed by atoms with van der Waals surface area (Å²) < 4.78 is 29.5. The van der Waals surface area contributed by atoms with Crippen LogP contribution in [0.5, 0.6) is 0 Å². The van der Waals surface area contributed by atoms with Crippen LogP contribution in [-0.2, 0) is 23.6 Å². The molecule has 0 saturated carbocycles. The van der Waals surface area contributed by atoms with Crippen molar-refractivity contribution in [1.29, 1.82) is 0 Å². The van der Waals surface area contributed by atoms with Crippen molar-refractivity contribution in [1.82, 2.24) is 6.15 Å². The molecule has 0 bridgehead atoms. The van der Waals surface area contributed by atoms with Crippen LogP contribution in [-0.4, -0.2) is 37.5 Å². The summed E-state index contributed by atoms with van der Waals surface area (Å²) in [4.78, 5) is 10.4. The van der Waals surface area contributed by atoms with Crippen molar-refractivity contribution >= 4 is 16.4 Å². The van der Waals surface area contributed by atoms with Gasteiger partial charge in [0.15, 0.2) is 5.79 Å². The van der Waals surface area contributed by atoms with Gasteiger partial charge in [-0.2, -0.15) is 8.42 Å². The fraction of sp³-hybridized carbons (Fsp3) is 0.833. The summed E-state index contributed by atoms with van der Waals surface area (Å²) in [6, 6.07) is 0. The van der Waals surface area contributed by atoms with Crippen LogP contribution in [0.3, 0.4) is 0 Å². The van der Waals surface area contributed by atoms with E-state index in [1.54, 1.807) is 0 Å². The molecule has 0 aromatic heterocycles. The highest BCUT2D eigenvalue weighted by molar-refractivity contribution is 7.81. The zero-order chi connectivity index (χ0) is 11.6. The van der Waals surface area contributed by atoms with E-state index in [0.717, 1.165) is 21.0 Å². The van der Waals surface area contributed by atoms with Gasteiger partial charge in [-0.3, -0.25) is 8.98 Å². The third kappa shape index (κ3) is 5.04. The summed E-state index contributed by atoms with van der Waals surface area (Å²) in [5.74, 6) is -5.14. The molecule has 92 valence electrons. The van der Waals surface area contributed by atoms with Gasteiger partial charge in [0.2, 0.25) is 0 Å². The van der Waals surface area contributed by atoms with Gasteiger partial charge in [0, 0.05) is 0 Å². The molecule has 0 aromatic rings. The second-order valence-electron chi connectivity index (χ2n) is 2.77. The van der Waals surface area contributed by atoms with Gasteiger partial charge in [0.25, 0.3) is 0 Å². The fourth-order valence-corrected chi connectivity index (χ4v) is 1.17. The maximum absolute atomic E-state index is 10.7. The molecular weight excluding hydrogens is 230 g/mol. The first-order valence-corrected chi connectivity index (χ1v) is 4.92. The normalized spacial score (nSPS) is 17.3. The molecule has 0 aliphatic rings. The molecule has 0 spiro atoms. The predicted molar refractivity (Wildman–Crippen MR) is 49.5 cm³/mol. The number of carboxylic acids is 1. The number of aliphatic carboxylic acids is 1. The zero-order valence-corrected chi connectivity index (χ0v) is 9.44. The van der Waals surface area contributed by atoms with E-state index in [4.69, 9.17) is 5.11 Å². The second-order valence-corrected chi connectivity index (χ2v) is 4.09. The van der Waals surface area contributed by atoms with E-state index in [2.05, 4.69) is 8.37 Å². The Morgan fingerprint density at radius 3 is 2.13 bits per heavy atom. The number of hydrogen-bond donors (Lipinski definition) is 3. The quantitative estimate of drug-likeness (QED) is 0.549. The number of carbonyl (C=O) groups is 1. The molecule has 0 fully saturated rings. The molecule has 0 amide bonds. The van der Waals surface area contributed by atoms with Crippen LogP contribution in [0, 0.1) is 5.92 Å². The standard InChI is InChI=1S/C6H12O7S.H3N/c1-4(5(7)8)6(2,9)13-14(10,11)12-3;/h4,9H,1-3H3,(H,7,8);1H3. The first-order chi connectivity index (χ1) is 6.12. The van der Waals surface area contributed by atoms with E-state index in [-0.39, 0.29) is 6.15 Å². The Labute approximate surface area is 87.7 Å². The fourth-order valence-electron chi connectivity index (χ4n) is 0.542. The summed E-state index contributed by atoms with van der Waals surface area (Å²) in [5, 5.41) is 17.9. The van der Waals surface area contributed by atoms with Gasteiger partial charge in [0.05, 0.1) is 7.11 Å². The Hall–Kier alpha value is -0.740. The highest BCUT2D eigenvalue weighted by atomic mass is 32.3. The van der Waals surface area contributed by atoms with Crippen molar-refractivity contribution < 1.29 is 31.8 Å². The lowest BCUT2D eigenvalue weighted by molar-refractivity contribution is -0.183. The van der Waals surface area contributed by atoms with Crippen molar-refractivity contribution in [3.63, 3.8) is 0 Å². The molecule has 2 unspecified atom stereocenters. The molecule has 0 saturated heterocycles. The van der Waals surface area contributed by atoms with Crippen molar-refractivity contribution in [3.05, 3.63) is 0 Å². The average Bonchev–Trinajstić information content (AvgIpc) is 2.01. The molecule has 2 atom stereocenters. The van der Waals surface area contributed by atoms with Gasteiger partial charge in [-0.1, -0.05) is 0 Å². The van der Waals surface area contributed by atoms with E-state index in [0.29, 0.717) is 0 Å². The summed E-state index contributed by atoms with van der Waals surface area (Å²) in [6.07, 6.45) is 0. The zero-order valence-electron chi connectivity index (χ0n) is 8.63. The Kier molecular flexibility index (Phi) is 5.98. The number of carboxylic acid groups (broad SMARTS) is 1. The largest absolute Gasteiger partial charge is 0.481 e. The van der Waals surface area contributed by atoms with Gasteiger partial charge >= 0.3 is 16.4 Å². The van der Waals surface area contributed by atoms with Crippen LogP contribution in [0.2, 0.25) is 0 Å². The van der Waals surface area contributed by atoms with Crippen LogP contribution in [0.25, 0.3) is 0 Å². The lowest BCUT2D eigenvalue weighted by atomic mass is 10.0. The summed E-state index contributed by atoms with van der Waals surface area (Å²) in [7, 11) is -3.54. The predicted octanol–water partition coefficient (Wildman–Crippen LogP) is -0.515. The second kappa shape index (κ2) is 5.37.